The van der Waals surface area contributed by atoms with Gasteiger partial charge in [-0.2, -0.15) is 0 Å². The molecule has 20 heavy (non-hydrogen) atoms. The molecule has 1 aromatic rings. The zero-order valence-corrected chi connectivity index (χ0v) is 11.9. The second-order valence-corrected chi connectivity index (χ2v) is 4.78. The van der Waals surface area contributed by atoms with Crippen molar-refractivity contribution in [2.75, 3.05) is 25.1 Å². The number of benzene rings is 1. The van der Waals surface area contributed by atoms with Gasteiger partial charge in [-0.3, -0.25) is 9.69 Å². The summed E-state index contributed by atoms with van der Waals surface area (Å²) in [7, 11) is 1.52. The summed E-state index contributed by atoms with van der Waals surface area (Å²) in [5, 5.41) is 3.04. The number of nitrogens with zero attached hydrogens (tertiary/aromatic N) is 1. The van der Waals surface area contributed by atoms with Gasteiger partial charge in [0.15, 0.2) is 0 Å². The highest BCUT2D eigenvalue weighted by Gasteiger charge is 2.32. The van der Waals surface area contributed by atoms with Crippen LogP contribution in [0.5, 0.6) is 5.75 Å². The minimum atomic E-state index is -0.457. The van der Waals surface area contributed by atoms with Gasteiger partial charge >= 0.3 is 6.09 Å². The summed E-state index contributed by atoms with van der Waals surface area (Å²) in [5.41, 5.74) is 0.631. The average Bonchev–Trinajstić information content (AvgIpc) is 2.77. The van der Waals surface area contributed by atoms with E-state index in [0.29, 0.717) is 29.5 Å². The molecule has 1 aliphatic heterocycles. The highest BCUT2D eigenvalue weighted by atomic mass is 35.5. The Labute approximate surface area is 121 Å². The quantitative estimate of drug-likeness (QED) is 0.920. The molecule has 0 aromatic heterocycles. The number of rotatable bonds is 4. The molecule has 6 nitrogen and oxygen atoms in total. The minimum absolute atomic E-state index is 0.160. The molecule has 0 radical (unpaired) electrons. The lowest BCUT2D eigenvalue weighted by Gasteiger charge is -2.14. The van der Waals surface area contributed by atoms with Gasteiger partial charge in [-0.1, -0.05) is 11.6 Å². The molecule has 2 rings (SSSR count). The van der Waals surface area contributed by atoms with Crippen LogP contribution in [0.2, 0.25) is 5.02 Å². The van der Waals surface area contributed by atoms with Gasteiger partial charge in [0.1, 0.15) is 11.9 Å². The highest BCUT2D eigenvalue weighted by molar-refractivity contribution is 6.32. The van der Waals surface area contributed by atoms with Gasteiger partial charge in [0.05, 0.1) is 25.2 Å². The van der Waals surface area contributed by atoms with E-state index < -0.39 is 6.09 Å². The minimum Gasteiger partial charge on any atom is -0.495 e. The number of nitrogens with one attached hydrogen (secondary N) is 1. The van der Waals surface area contributed by atoms with E-state index >= 15 is 0 Å². The lowest BCUT2D eigenvalue weighted by molar-refractivity contribution is -0.119. The molecule has 0 saturated carbocycles. The number of halogens is 1. The van der Waals surface area contributed by atoms with E-state index in [2.05, 4.69) is 5.32 Å². The number of carbonyl (C=O) groups excluding carboxylic acids is 2. The molecule has 1 N–H and O–H groups in total. The van der Waals surface area contributed by atoms with Crippen molar-refractivity contribution in [1.29, 1.82) is 0 Å². The summed E-state index contributed by atoms with van der Waals surface area (Å²) < 4.78 is 10.2. The summed E-state index contributed by atoms with van der Waals surface area (Å²) in [6.07, 6.45) is -0.825. The summed E-state index contributed by atoms with van der Waals surface area (Å²) in [5.74, 6) is 0.379. The van der Waals surface area contributed by atoms with E-state index in [4.69, 9.17) is 21.1 Å². The maximum Gasteiger partial charge on any atom is 0.414 e. The Bertz CT molecular complexity index is 535. The third-order valence-corrected chi connectivity index (χ3v) is 3.20. The normalized spacial score (nSPS) is 17.9. The van der Waals surface area contributed by atoms with Crippen LogP contribution in [0.25, 0.3) is 0 Å². The van der Waals surface area contributed by atoms with E-state index in [9.17, 15) is 9.59 Å². The van der Waals surface area contributed by atoms with Gasteiger partial charge in [-0.05, 0) is 18.2 Å². The number of carbonyl (C=O) groups is 2. The van der Waals surface area contributed by atoms with Gasteiger partial charge in [-0.15, -0.1) is 0 Å². The van der Waals surface area contributed by atoms with Crippen LogP contribution < -0.4 is 15.0 Å². The first-order chi connectivity index (χ1) is 9.51. The van der Waals surface area contributed by atoms with Crippen molar-refractivity contribution in [3.05, 3.63) is 23.2 Å². The second-order valence-electron chi connectivity index (χ2n) is 4.37. The van der Waals surface area contributed by atoms with Crippen molar-refractivity contribution in [2.45, 2.75) is 13.0 Å². The van der Waals surface area contributed by atoms with Gasteiger partial charge in [0.25, 0.3) is 0 Å². The molecule has 1 heterocycles. The summed E-state index contributed by atoms with van der Waals surface area (Å²) in [6, 6.07) is 5.06. The number of amides is 2. The molecule has 1 atom stereocenters. The fourth-order valence-corrected chi connectivity index (χ4v) is 2.17. The molecule has 1 aliphatic rings. The first-order valence-corrected chi connectivity index (χ1v) is 6.45. The number of methoxy groups -OCH3 is 1. The van der Waals surface area contributed by atoms with Gasteiger partial charge in [0, 0.05) is 12.6 Å². The highest BCUT2D eigenvalue weighted by Crippen LogP contribution is 2.31. The topological polar surface area (TPSA) is 67.9 Å². The molecular formula is C13H15ClN2O4. The van der Waals surface area contributed by atoms with E-state index in [1.165, 1.54) is 18.9 Å². The van der Waals surface area contributed by atoms with Crippen molar-refractivity contribution in [2.24, 2.45) is 0 Å². The van der Waals surface area contributed by atoms with Crippen molar-refractivity contribution in [3.8, 4) is 5.75 Å². The fraction of sp³-hybridized carbons (Fsp3) is 0.385. The molecule has 7 heteroatoms. The third-order valence-electron chi connectivity index (χ3n) is 2.90. The van der Waals surface area contributed by atoms with Crippen LogP contribution >= 0.6 is 11.6 Å². The molecular weight excluding hydrogens is 284 g/mol. The van der Waals surface area contributed by atoms with E-state index in [-0.39, 0.29) is 12.0 Å². The molecule has 108 valence electrons. The summed E-state index contributed by atoms with van der Waals surface area (Å²) in [4.78, 5) is 24.1. The predicted octanol–water partition coefficient (Wildman–Crippen LogP) is 1.81. The number of ether oxygens (including phenoxy) is 2. The largest absolute Gasteiger partial charge is 0.495 e. The predicted molar refractivity (Wildman–Crippen MR) is 74.3 cm³/mol. The van der Waals surface area contributed by atoms with Gasteiger partial charge in [0.2, 0.25) is 5.91 Å². The van der Waals surface area contributed by atoms with Crippen LogP contribution in [0.3, 0.4) is 0 Å². The Morgan fingerprint density at radius 2 is 2.35 bits per heavy atom. The van der Waals surface area contributed by atoms with Crippen molar-refractivity contribution < 1.29 is 19.1 Å². The Morgan fingerprint density at radius 3 is 2.95 bits per heavy atom. The van der Waals surface area contributed by atoms with Crippen molar-refractivity contribution >= 4 is 29.3 Å². The number of anilines is 1. The molecule has 1 aromatic carbocycles. The average molecular weight is 299 g/mol. The van der Waals surface area contributed by atoms with E-state index in [0.717, 1.165) is 0 Å². The van der Waals surface area contributed by atoms with Crippen LogP contribution in [0.1, 0.15) is 6.92 Å². The van der Waals surface area contributed by atoms with Crippen LogP contribution in [-0.4, -0.2) is 38.3 Å². The molecule has 0 unspecified atom stereocenters. The van der Waals surface area contributed by atoms with Crippen LogP contribution in [0, 0.1) is 0 Å². The molecule has 0 spiro atoms. The lowest BCUT2D eigenvalue weighted by Crippen LogP contribution is -2.33. The summed E-state index contributed by atoms with van der Waals surface area (Å²) in [6.45, 7) is 2.07. The first kappa shape index (κ1) is 14.5. The smallest absolute Gasteiger partial charge is 0.414 e. The van der Waals surface area contributed by atoms with Gasteiger partial charge < -0.3 is 14.8 Å². The maximum absolute atomic E-state index is 11.8. The van der Waals surface area contributed by atoms with E-state index in [1.807, 2.05) is 0 Å². The van der Waals surface area contributed by atoms with Crippen LogP contribution in [-0.2, 0) is 9.53 Å². The van der Waals surface area contributed by atoms with Crippen LogP contribution in [0.15, 0.2) is 18.2 Å². The molecule has 1 saturated heterocycles. The Balaban J connectivity index is 2.07. The molecule has 2 amide bonds. The monoisotopic (exact) mass is 298 g/mol. The van der Waals surface area contributed by atoms with E-state index in [1.54, 1.807) is 18.2 Å². The molecule has 1 fully saturated rings. The molecule has 0 aliphatic carbocycles. The number of cyclic esters (lactones) is 1. The second kappa shape index (κ2) is 6.00. The Morgan fingerprint density at radius 1 is 1.60 bits per heavy atom. The van der Waals surface area contributed by atoms with Crippen molar-refractivity contribution in [3.63, 3.8) is 0 Å². The fourth-order valence-electron chi connectivity index (χ4n) is 1.92. The Hall–Kier alpha value is -1.95. The zero-order chi connectivity index (χ0) is 14.7. The number of hydrogen-bond donors (Lipinski definition) is 1. The molecule has 0 bridgehead atoms. The van der Waals surface area contributed by atoms with Crippen LogP contribution in [0.4, 0.5) is 10.5 Å². The zero-order valence-electron chi connectivity index (χ0n) is 11.2. The van der Waals surface area contributed by atoms with Gasteiger partial charge in [-0.25, -0.2) is 4.79 Å². The third kappa shape index (κ3) is 3.14. The summed E-state index contributed by atoms with van der Waals surface area (Å²) >= 11 is 6.03. The lowest BCUT2D eigenvalue weighted by atomic mass is 10.2. The SMILES string of the molecule is COc1ccc(N2C[C@H](CNC(C)=O)OC2=O)cc1Cl. The number of hydrogen-bond acceptors (Lipinski definition) is 4. The Kier molecular flexibility index (Phi) is 4.34. The standard InChI is InChI=1S/C13H15ClN2O4/c1-8(17)15-6-10-7-16(13(18)20-10)9-3-4-12(19-2)11(14)5-9/h3-5,10H,6-7H2,1-2H3,(H,15,17)/t10-/m0/s1. The first-order valence-electron chi connectivity index (χ1n) is 6.07. The van der Waals surface area contributed by atoms with Crippen molar-refractivity contribution in [1.82, 2.24) is 5.32 Å². The maximum atomic E-state index is 11.8.